The van der Waals surface area contributed by atoms with E-state index in [1.165, 1.54) is 17.7 Å². The summed E-state index contributed by atoms with van der Waals surface area (Å²) >= 11 is 1.46. The number of fused-ring (bicyclic) bond motifs is 1. The number of thiazole rings is 1. The van der Waals surface area contributed by atoms with Crippen molar-refractivity contribution in [3.05, 3.63) is 35.7 Å². The van der Waals surface area contributed by atoms with Gasteiger partial charge in [-0.3, -0.25) is 0 Å². The number of aromatic nitrogens is 3. The summed E-state index contributed by atoms with van der Waals surface area (Å²) in [5.74, 6) is 0.0731. The van der Waals surface area contributed by atoms with Gasteiger partial charge in [0.25, 0.3) is 0 Å². The predicted octanol–water partition coefficient (Wildman–Crippen LogP) is 4.89. The summed E-state index contributed by atoms with van der Waals surface area (Å²) in [6.45, 7) is 10.6. The quantitative estimate of drug-likeness (QED) is 0.590. The lowest BCUT2D eigenvalue weighted by molar-refractivity contribution is 0.0429. The van der Waals surface area contributed by atoms with Crippen LogP contribution < -0.4 is 10.6 Å². The molecular weight excluding hydrogens is 430 g/mol. The first-order chi connectivity index (χ1) is 14.9. The highest BCUT2D eigenvalue weighted by atomic mass is 32.1. The van der Waals surface area contributed by atoms with Crippen molar-refractivity contribution in [2.75, 3.05) is 4.90 Å². The van der Waals surface area contributed by atoms with Crippen molar-refractivity contribution in [2.45, 2.75) is 59.3 Å². The second-order valence-electron chi connectivity index (χ2n) is 9.05. The van der Waals surface area contributed by atoms with Gasteiger partial charge in [0.1, 0.15) is 22.5 Å². The van der Waals surface area contributed by atoms with Crippen LogP contribution in [0.4, 0.5) is 15.4 Å². The normalized spacial score (nSPS) is 12.0. The molecule has 2 heterocycles. The van der Waals surface area contributed by atoms with Gasteiger partial charge in [0.05, 0.1) is 10.4 Å². The topological polar surface area (TPSA) is 121 Å². The molecule has 2 N–H and O–H groups in total. The van der Waals surface area contributed by atoms with Gasteiger partial charge in [-0.2, -0.15) is 4.90 Å². The zero-order valence-corrected chi connectivity index (χ0v) is 19.8. The molecule has 3 aromatic rings. The van der Waals surface area contributed by atoms with E-state index >= 15 is 0 Å². The largest absolute Gasteiger partial charge is 0.443 e. The summed E-state index contributed by atoms with van der Waals surface area (Å²) in [6, 6.07) is 5.48. The van der Waals surface area contributed by atoms with Gasteiger partial charge >= 0.3 is 12.2 Å². The predicted molar refractivity (Wildman–Crippen MR) is 123 cm³/mol. The molecule has 0 bridgehead atoms. The van der Waals surface area contributed by atoms with E-state index in [1.807, 2.05) is 6.07 Å². The number of rotatable bonds is 3. The van der Waals surface area contributed by atoms with Crippen molar-refractivity contribution >= 4 is 40.2 Å². The number of hydrogen-bond donors (Lipinski definition) is 1. The van der Waals surface area contributed by atoms with Crippen molar-refractivity contribution in [1.29, 1.82) is 0 Å². The zero-order valence-electron chi connectivity index (χ0n) is 19.0. The Bertz CT molecular complexity index is 1120. The number of amides is 2. The molecule has 9 nitrogen and oxygen atoms in total. The molecule has 0 atom stereocenters. The summed E-state index contributed by atoms with van der Waals surface area (Å²) in [5.41, 5.74) is 5.42. The zero-order chi connectivity index (χ0) is 23.7. The van der Waals surface area contributed by atoms with Gasteiger partial charge in [-0.15, -0.1) is 11.3 Å². The van der Waals surface area contributed by atoms with Gasteiger partial charge in [-0.05, 0) is 59.2 Å². The smallest absolute Gasteiger partial charge is 0.425 e. The number of benzene rings is 1. The molecule has 0 unspecified atom stereocenters. The Morgan fingerprint density at radius 3 is 2.16 bits per heavy atom. The van der Waals surface area contributed by atoms with Crippen molar-refractivity contribution in [3.8, 4) is 10.4 Å². The molecule has 0 aliphatic rings. The van der Waals surface area contributed by atoms with Gasteiger partial charge < -0.3 is 15.2 Å². The van der Waals surface area contributed by atoms with E-state index in [9.17, 15) is 9.59 Å². The molecule has 32 heavy (non-hydrogen) atoms. The highest BCUT2D eigenvalue weighted by molar-refractivity contribution is 7.15. The van der Waals surface area contributed by atoms with E-state index in [1.54, 1.807) is 59.9 Å². The fourth-order valence-electron chi connectivity index (χ4n) is 2.78. The molecule has 2 amide bonds. The maximum absolute atomic E-state index is 13.0. The number of carbonyl (C=O) groups excluding carboxylic acids is 2. The standard InChI is InChI=1S/C22H27N5O4S/c1-21(2,3)30-19(28)27(20(29)31-22(4,5)6)18-14-9-13(7-8-15(14)25-12-26-18)16-11-24-17(10-23)32-16/h7-9,11-12H,10,23H2,1-6H3. The van der Waals surface area contributed by atoms with Crippen LogP contribution in [0, 0.1) is 0 Å². The molecule has 0 spiro atoms. The van der Waals surface area contributed by atoms with Crippen LogP contribution in [-0.2, 0) is 16.0 Å². The third-order valence-corrected chi connectivity index (χ3v) is 5.06. The Morgan fingerprint density at radius 2 is 1.62 bits per heavy atom. The number of nitrogens with two attached hydrogens (primary N) is 1. The molecule has 3 rings (SSSR count). The lowest BCUT2D eigenvalue weighted by atomic mass is 10.1. The van der Waals surface area contributed by atoms with Gasteiger partial charge in [0.15, 0.2) is 5.82 Å². The van der Waals surface area contributed by atoms with E-state index in [4.69, 9.17) is 15.2 Å². The molecule has 2 aromatic heterocycles. The summed E-state index contributed by atoms with van der Waals surface area (Å²) in [4.78, 5) is 40.6. The van der Waals surface area contributed by atoms with Gasteiger partial charge in [0, 0.05) is 18.1 Å². The van der Waals surface area contributed by atoms with Gasteiger partial charge in [-0.1, -0.05) is 6.07 Å². The van der Waals surface area contributed by atoms with Crippen molar-refractivity contribution in [1.82, 2.24) is 15.0 Å². The van der Waals surface area contributed by atoms with Crippen LogP contribution in [0.15, 0.2) is 30.7 Å². The number of anilines is 1. The van der Waals surface area contributed by atoms with Crippen LogP contribution in [0.25, 0.3) is 21.3 Å². The Labute approximate surface area is 190 Å². The highest BCUT2D eigenvalue weighted by Gasteiger charge is 2.34. The molecule has 0 fully saturated rings. The maximum Gasteiger partial charge on any atom is 0.425 e. The van der Waals surface area contributed by atoms with Crippen LogP contribution in [0.2, 0.25) is 0 Å². The number of nitrogens with zero attached hydrogens (tertiary/aromatic N) is 4. The molecule has 0 aliphatic heterocycles. The van der Waals surface area contributed by atoms with Crippen LogP contribution in [0.1, 0.15) is 46.6 Å². The first kappa shape index (κ1) is 23.6. The average molecular weight is 458 g/mol. The van der Waals surface area contributed by atoms with Crippen LogP contribution >= 0.6 is 11.3 Å². The molecule has 0 radical (unpaired) electrons. The lowest BCUT2D eigenvalue weighted by Gasteiger charge is -2.28. The number of imide groups is 1. The molecule has 0 aliphatic carbocycles. The minimum absolute atomic E-state index is 0.0731. The highest BCUT2D eigenvalue weighted by Crippen LogP contribution is 2.32. The average Bonchev–Trinajstić information content (AvgIpc) is 3.14. The fraction of sp³-hybridized carbons (Fsp3) is 0.409. The minimum Gasteiger partial charge on any atom is -0.443 e. The summed E-state index contributed by atoms with van der Waals surface area (Å²) in [5, 5.41) is 1.29. The fourth-order valence-corrected chi connectivity index (χ4v) is 3.57. The molecule has 0 saturated heterocycles. The number of carbonyl (C=O) groups is 2. The number of ether oxygens (including phenoxy) is 2. The maximum atomic E-state index is 13.0. The van der Waals surface area contributed by atoms with E-state index in [2.05, 4.69) is 15.0 Å². The van der Waals surface area contributed by atoms with Gasteiger partial charge in [-0.25, -0.2) is 24.5 Å². The molecule has 170 valence electrons. The molecule has 1 aromatic carbocycles. The van der Waals surface area contributed by atoms with E-state index < -0.39 is 23.4 Å². The van der Waals surface area contributed by atoms with Crippen LogP contribution in [0.3, 0.4) is 0 Å². The Morgan fingerprint density at radius 1 is 1.00 bits per heavy atom. The Hall–Kier alpha value is -3.11. The van der Waals surface area contributed by atoms with Crippen molar-refractivity contribution < 1.29 is 19.1 Å². The lowest BCUT2D eigenvalue weighted by Crippen LogP contribution is -2.44. The SMILES string of the molecule is CC(C)(C)OC(=O)N(C(=O)OC(C)(C)C)c1ncnc2ccc(-c3cnc(CN)s3)cc12. The molecule has 10 heteroatoms. The van der Waals surface area contributed by atoms with Crippen LogP contribution in [0.5, 0.6) is 0 Å². The number of hydrogen-bond acceptors (Lipinski definition) is 9. The molecular formula is C22H27N5O4S. The first-order valence-electron chi connectivity index (χ1n) is 10.0. The van der Waals surface area contributed by atoms with Crippen molar-refractivity contribution in [2.24, 2.45) is 5.73 Å². The summed E-state index contributed by atoms with van der Waals surface area (Å²) in [6.07, 6.45) is 1.25. The molecule has 0 saturated carbocycles. The first-order valence-corrected chi connectivity index (χ1v) is 10.9. The van der Waals surface area contributed by atoms with Crippen molar-refractivity contribution in [3.63, 3.8) is 0 Å². The monoisotopic (exact) mass is 457 g/mol. The van der Waals surface area contributed by atoms with E-state index in [0.717, 1.165) is 20.3 Å². The summed E-state index contributed by atoms with van der Waals surface area (Å²) in [7, 11) is 0. The Kier molecular flexibility index (Phi) is 6.47. The van der Waals surface area contributed by atoms with E-state index in [-0.39, 0.29) is 5.82 Å². The van der Waals surface area contributed by atoms with Crippen LogP contribution in [-0.4, -0.2) is 38.3 Å². The second kappa shape index (κ2) is 8.79. The third-order valence-electron chi connectivity index (χ3n) is 3.99. The Balaban J connectivity index is 2.14. The van der Waals surface area contributed by atoms with Gasteiger partial charge in [0.2, 0.25) is 0 Å². The minimum atomic E-state index is -0.889. The second-order valence-corrected chi connectivity index (χ2v) is 10.2. The van der Waals surface area contributed by atoms with E-state index in [0.29, 0.717) is 17.4 Å². The summed E-state index contributed by atoms with van der Waals surface area (Å²) < 4.78 is 11.0. The third kappa shape index (κ3) is 5.57.